The number of carbonyl (C=O) groups excluding carboxylic acids is 7. The topological polar surface area (TPSA) is 206 Å². The number of esters is 3. The first kappa shape index (κ1) is 55.5. The molecule has 2 rings (SSSR count). The van der Waals surface area contributed by atoms with Crippen molar-refractivity contribution in [2.24, 2.45) is 0 Å². The number of nitrogens with one attached hydrogen (secondary N) is 1. The van der Waals surface area contributed by atoms with E-state index in [1.165, 1.54) is 6.20 Å². The number of aromatic amines is 1. The van der Waals surface area contributed by atoms with Gasteiger partial charge in [0.05, 0.1) is 0 Å². The first-order valence-electron chi connectivity index (χ1n) is 21.7. The van der Waals surface area contributed by atoms with Gasteiger partial charge < -0.3 is 38.1 Å². The van der Waals surface area contributed by atoms with Crippen molar-refractivity contribution in [1.82, 2.24) is 14.8 Å². The number of aryl methyl sites for hydroxylation is 1. The minimum absolute atomic E-state index is 0.0371. The summed E-state index contributed by atoms with van der Waals surface area (Å²) in [7, 11) is 0. The van der Waals surface area contributed by atoms with Crippen molar-refractivity contribution >= 4 is 42.3 Å². The molecule has 1 heterocycles. The molecule has 65 heavy (non-hydrogen) atoms. The van der Waals surface area contributed by atoms with Gasteiger partial charge in [0.15, 0.2) is 0 Å². The fourth-order valence-electron chi connectivity index (χ4n) is 5.90. The van der Waals surface area contributed by atoms with E-state index in [9.17, 15) is 33.6 Å². The molecule has 4 amide bonds. The van der Waals surface area contributed by atoms with E-state index in [4.69, 9.17) is 33.2 Å². The third-order valence-electron chi connectivity index (χ3n) is 8.19. The SMILES string of the molecule is CC(C)(C)OC(=O)[C@H](CCc1c[nH]c(C(=O)OCc2ccccc2)c1CC[C@@H](C(=O)OC(C)(C)C)N(C(=O)OC(C)(C)C)C(=O)OC(C)(C)C)N(C(=O)OC(C)(C)C)C(=O)OC(C)(C)C. The lowest BCUT2D eigenvalue weighted by Crippen LogP contribution is -2.53. The zero-order chi connectivity index (χ0) is 50.1. The van der Waals surface area contributed by atoms with Crippen molar-refractivity contribution in [3.8, 4) is 0 Å². The molecule has 2 aromatic rings. The van der Waals surface area contributed by atoms with E-state index in [-0.39, 0.29) is 43.5 Å². The summed E-state index contributed by atoms with van der Waals surface area (Å²) in [4.78, 5) is 102. The Balaban J connectivity index is 2.86. The van der Waals surface area contributed by atoms with Crippen LogP contribution in [-0.2, 0) is 62.2 Å². The fraction of sp³-hybridized carbons (Fsp3) is 0.646. The maximum absolute atomic E-state index is 14.1. The van der Waals surface area contributed by atoms with Gasteiger partial charge in [0, 0.05) is 6.20 Å². The quantitative estimate of drug-likeness (QED) is 0.147. The fourth-order valence-corrected chi connectivity index (χ4v) is 5.90. The average molecular weight is 916 g/mol. The summed E-state index contributed by atoms with van der Waals surface area (Å²) in [5.41, 5.74) is -5.17. The maximum atomic E-state index is 14.1. The third kappa shape index (κ3) is 20.0. The number of H-pyrrole nitrogens is 1. The van der Waals surface area contributed by atoms with E-state index < -0.39 is 88.0 Å². The number of hydrogen-bond donors (Lipinski definition) is 1. The van der Waals surface area contributed by atoms with Gasteiger partial charge in [-0.15, -0.1) is 0 Å². The van der Waals surface area contributed by atoms with Crippen LogP contribution in [0.15, 0.2) is 36.5 Å². The number of aromatic nitrogens is 1. The van der Waals surface area contributed by atoms with Crippen LogP contribution in [0, 0.1) is 0 Å². The van der Waals surface area contributed by atoms with Gasteiger partial charge in [0.1, 0.15) is 58.0 Å². The number of imide groups is 2. The second-order valence-corrected chi connectivity index (χ2v) is 21.6. The lowest BCUT2D eigenvalue weighted by atomic mass is 9.96. The van der Waals surface area contributed by atoms with Gasteiger partial charge in [-0.2, -0.15) is 9.80 Å². The Labute approximate surface area is 384 Å². The molecule has 17 heteroatoms. The Bertz CT molecular complexity index is 1930. The molecule has 2 atom stereocenters. The molecule has 0 aliphatic rings. The van der Waals surface area contributed by atoms with E-state index in [2.05, 4.69) is 4.98 Å². The molecule has 1 aromatic carbocycles. The largest absolute Gasteiger partial charge is 0.458 e. The summed E-state index contributed by atoms with van der Waals surface area (Å²) in [6.07, 6.45) is -4.05. The number of benzene rings is 1. The minimum Gasteiger partial charge on any atom is -0.458 e. The van der Waals surface area contributed by atoms with Crippen LogP contribution in [0.1, 0.15) is 165 Å². The number of nitrogens with zero attached hydrogens (tertiary/aromatic N) is 2. The number of rotatable bonds is 13. The zero-order valence-corrected chi connectivity index (χ0v) is 41.8. The van der Waals surface area contributed by atoms with Crippen LogP contribution in [0.2, 0.25) is 0 Å². The van der Waals surface area contributed by atoms with Crippen molar-refractivity contribution in [1.29, 1.82) is 0 Å². The number of amides is 4. The monoisotopic (exact) mass is 916 g/mol. The Morgan fingerprint density at radius 2 is 0.831 bits per heavy atom. The van der Waals surface area contributed by atoms with Crippen molar-refractivity contribution in [2.45, 2.75) is 203 Å². The van der Waals surface area contributed by atoms with Crippen LogP contribution >= 0.6 is 0 Å². The average Bonchev–Trinajstić information content (AvgIpc) is 3.48. The van der Waals surface area contributed by atoms with Gasteiger partial charge in [-0.25, -0.2) is 33.6 Å². The highest BCUT2D eigenvalue weighted by molar-refractivity contribution is 5.95. The van der Waals surface area contributed by atoms with Crippen LogP contribution in [0.4, 0.5) is 19.2 Å². The standard InChI is InChI=1S/C48H73N3O14/c1-43(2,3)60-36(52)33(50(39(55)62-45(7,8)9)40(56)63-46(10,11)12)26-24-31-28-49-35(38(54)59-29-30-22-20-19-21-23-30)32(31)25-27-34(37(53)61-44(4,5)6)51(41(57)64-47(13,14)15)42(58)65-48(16,17)18/h19-23,28,33-34,49H,24-27,29H2,1-18H3/t33-,34-/m0/s1. The van der Waals surface area contributed by atoms with E-state index in [0.29, 0.717) is 20.9 Å². The molecule has 0 aliphatic heterocycles. The van der Waals surface area contributed by atoms with Crippen LogP contribution in [0.3, 0.4) is 0 Å². The lowest BCUT2D eigenvalue weighted by molar-refractivity contribution is -0.162. The van der Waals surface area contributed by atoms with E-state index in [1.54, 1.807) is 149 Å². The predicted molar refractivity (Wildman–Crippen MR) is 241 cm³/mol. The van der Waals surface area contributed by atoms with Gasteiger partial charge >= 0.3 is 42.3 Å². The Morgan fingerprint density at radius 1 is 0.492 bits per heavy atom. The smallest absolute Gasteiger partial charge is 0.420 e. The molecule has 0 saturated carbocycles. The van der Waals surface area contributed by atoms with Gasteiger partial charge in [-0.3, -0.25) is 0 Å². The number of ether oxygens (including phenoxy) is 7. The summed E-state index contributed by atoms with van der Waals surface area (Å²) in [6, 6.07) is 5.69. The lowest BCUT2D eigenvalue weighted by Gasteiger charge is -2.34. The highest BCUT2D eigenvalue weighted by atomic mass is 16.6. The molecule has 17 nitrogen and oxygen atoms in total. The Morgan fingerprint density at radius 3 is 1.17 bits per heavy atom. The van der Waals surface area contributed by atoms with Crippen LogP contribution < -0.4 is 0 Å². The normalized spacial score (nSPS) is 13.4. The minimum atomic E-state index is -1.65. The van der Waals surface area contributed by atoms with Crippen molar-refractivity contribution in [3.63, 3.8) is 0 Å². The van der Waals surface area contributed by atoms with Gasteiger partial charge in [-0.05, 0) is 167 Å². The molecule has 0 bridgehead atoms. The first-order valence-corrected chi connectivity index (χ1v) is 21.7. The first-order chi connectivity index (χ1) is 29.4. The Kier molecular flexibility index (Phi) is 18.4. The zero-order valence-electron chi connectivity index (χ0n) is 41.8. The van der Waals surface area contributed by atoms with E-state index >= 15 is 0 Å². The highest BCUT2D eigenvalue weighted by Crippen LogP contribution is 2.28. The summed E-state index contributed by atoms with van der Waals surface area (Å²) in [5, 5.41) is 0. The van der Waals surface area contributed by atoms with Gasteiger partial charge in [-0.1, -0.05) is 30.3 Å². The van der Waals surface area contributed by atoms with Crippen LogP contribution in [-0.4, -0.2) is 103 Å². The summed E-state index contributed by atoms with van der Waals surface area (Å²) < 4.78 is 39.6. The molecule has 0 unspecified atom stereocenters. The second-order valence-electron chi connectivity index (χ2n) is 21.6. The Hall–Kier alpha value is -5.61. The highest BCUT2D eigenvalue weighted by Gasteiger charge is 2.44. The molecule has 0 spiro atoms. The molecule has 0 aliphatic carbocycles. The molecular weight excluding hydrogens is 843 g/mol. The van der Waals surface area contributed by atoms with Crippen LogP contribution in [0.25, 0.3) is 0 Å². The molecule has 1 N–H and O–H groups in total. The summed E-state index contributed by atoms with van der Waals surface area (Å²) >= 11 is 0. The molecule has 1 aromatic heterocycles. The maximum Gasteiger partial charge on any atom is 0.420 e. The molecule has 0 saturated heterocycles. The second kappa shape index (κ2) is 21.6. The van der Waals surface area contributed by atoms with Crippen LogP contribution in [0.5, 0.6) is 0 Å². The molecule has 0 fully saturated rings. The predicted octanol–water partition coefficient (Wildman–Crippen LogP) is 10.0. The molecular formula is C48H73N3O14. The summed E-state index contributed by atoms with van der Waals surface area (Å²) in [6.45, 7) is 28.8. The molecule has 0 radical (unpaired) electrons. The van der Waals surface area contributed by atoms with Crippen molar-refractivity contribution < 1.29 is 66.7 Å². The van der Waals surface area contributed by atoms with Crippen molar-refractivity contribution in [2.75, 3.05) is 0 Å². The van der Waals surface area contributed by atoms with Gasteiger partial charge in [0.2, 0.25) is 0 Å². The molecule has 364 valence electrons. The van der Waals surface area contributed by atoms with E-state index in [0.717, 1.165) is 0 Å². The van der Waals surface area contributed by atoms with Gasteiger partial charge in [0.25, 0.3) is 0 Å². The van der Waals surface area contributed by atoms with Crippen molar-refractivity contribution in [3.05, 3.63) is 58.9 Å². The number of carbonyl (C=O) groups is 7. The third-order valence-corrected chi connectivity index (χ3v) is 8.19. The summed E-state index contributed by atoms with van der Waals surface area (Å²) in [5.74, 6) is -2.69. The number of hydrogen-bond acceptors (Lipinski definition) is 14. The van der Waals surface area contributed by atoms with E-state index in [1.807, 2.05) is 6.07 Å².